The van der Waals surface area contributed by atoms with E-state index in [-0.39, 0.29) is 0 Å². The molecule has 1 nitrogen and oxygen atoms in total. The lowest BCUT2D eigenvalue weighted by Crippen LogP contribution is -2.26. The van der Waals surface area contributed by atoms with E-state index in [1.165, 1.54) is 11.1 Å². The normalized spacial score (nSPS) is 20.9. The van der Waals surface area contributed by atoms with E-state index in [1.54, 1.807) is 0 Å². The SMILES string of the molecule is CC1C(c2ccccc2)=CC=CN1C. The first kappa shape index (κ1) is 9.07. The van der Waals surface area contributed by atoms with Gasteiger partial charge in [0.05, 0.1) is 6.04 Å². The van der Waals surface area contributed by atoms with Gasteiger partial charge in [0.15, 0.2) is 0 Å². The first-order chi connectivity index (χ1) is 6.79. The first-order valence-corrected chi connectivity index (χ1v) is 4.95. The molecule has 0 saturated heterocycles. The fraction of sp³-hybridized carbons (Fsp3) is 0.231. The van der Waals surface area contributed by atoms with E-state index in [0.29, 0.717) is 6.04 Å². The van der Waals surface area contributed by atoms with Crippen molar-refractivity contribution in [3.05, 3.63) is 54.2 Å². The highest BCUT2D eigenvalue weighted by molar-refractivity contribution is 5.71. The molecule has 1 aliphatic heterocycles. The fourth-order valence-corrected chi connectivity index (χ4v) is 1.74. The molecule has 0 aliphatic carbocycles. The van der Waals surface area contributed by atoms with Gasteiger partial charge in [0, 0.05) is 7.05 Å². The molecule has 0 amide bonds. The van der Waals surface area contributed by atoms with Crippen LogP contribution in [0.1, 0.15) is 12.5 Å². The summed E-state index contributed by atoms with van der Waals surface area (Å²) in [5.74, 6) is 0. The lowest BCUT2D eigenvalue weighted by atomic mass is 9.97. The zero-order valence-corrected chi connectivity index (χ0v) is 8.64. The molecule has 0 aromatic heterocycles. The van der Waals surface area contributed by atoms with Gasteiger partial charge in [-0.2, -0.15) is 0 Å². The van der Waals surface area contributed by atoms with Crippen molar-refractivity contribution in [2.24, 2.45) is 0 Å². The molecule has 0 radical (unpaired) electrons. The van der Waals surface area contributed by atoms with Crippen LogP contribution in [0, 0.1) is 0 Å². The molecule has 1 aliphatic rings. The molecule has 72 valence electrons. The van der Waals surface area contributed by atoms with Crippen molar-refractivity contribution in [1.29, 1.82) is 0 Å². The van der Waals surface area contributed by atoms with Crippen LogP contribution in [-0.2, 0) is 0 Å². The van der Waals surface area contributed by atoms with Crippen molar-refractivity contribution in [2.75, 3.05) is 7.05 Å². The first-order valence-electron chi connectivity index (χ1n) is 4.95. The number of nitrogens with zero attached hydrogens (tertiary/aromatic N) is 1. The van der Waals surface area contributed by atoms with Gasteiger partial charge in [0.1, 0.15) is 0 Å². The van der Waals surface area contributed by atoms with E-state index in [1.807, 2.05) is 0 Å². The zero-order chi connectivity index (χ0) is 9.97. The molecular formula is C13H15N. The largest absolute Gasteiger partial charge is 0.374 e. The van der Waals surface area contributed by atoms with Gasteiger partial charge in [-0.1, -0.05) is 36.4 Å². The summed E-state index contributed by atoms with van der Waals surface area (Å²) >= 11 is 0. The fourth-order valence-electron chi connectivity index (χ4n) is 1.74. The van der Waals surface area contributed by atoms with E-state index >= 15 is 0 Å². The third-order valence-corrected chi connectivity index (χ3v) is 2.77. The van der Waals surface area contributed by atoms with Crippen LogP contribution in [0.4, 0.5) is 0 Å². The third kappa shape index (κ3) is 1.58. The Balaban J connectivity index is 2.35. The third-order valence-electron chi connectivity index (χ3n) is 2.77. The predicted molar refractivity (Wildman–Crippen MR) is 60.8 cm³/mol. The van der Waals surface area contributed by atoms with Crippen LogP contribution < -0.4 is 0 Å². The van der Waals surface area contributed by atoms with E-state index < -0.39 is 0 Å². The summed E-state index contributed by atoms with van der Waals surface area (Å²) in [6.45, 7) is 2.22. The Labute approximate surface area is 85.4 Å². The summed E-state index contributed by atoms with van der Waals surface area (Å²) in [6.07, 6.45) is 6.40. The van der Waals surface area contributed by atoms with Crippen LogP contribution in [0.2, 0.25) is 0 Å². The zero-order valence-electron chi connectivity index (χ0n) is 8.64. The number of rotatable bonds is 1. The van der Waals surface area contributed by atoms with Crippen LogP contribution in [0.3, 0.4) is 0 Å². The Bertz CT molecular complexity index is 362. The average Bonchev–Trinajstić information content (AvgIpc) is 2.23. The monoisotopic (exact) mass is 185 g/mol. The van der Waals surface area contributed by atoms with E-state index in [4.69, 9.17) is 0 Å². The van der Waals surface area contributed by atoms with Crippen molar-refractivity contribution in [2.45, 2.75) is 13.0 Å². The highest BCUT2D eigenvalue weighted by Crippen LogP contribution is 2.24. The van der Waals surface area contributed by atoms with Crippen LogP contribution in [0.5, 0.6) is 0 Å². The van der Waals surface area contributed by atoms with Crippen LogP contribution in [-0.4, -0.2) is 18.0 Å². The average molecular weight is 185 g/mol. The molecule has 1 aromatic carbocycles. The molecule has 2 rings (SSSR count). The summed E-state index contributed by atoms with van der Waals surface area (Å²) in [6, 6.07) is 11.0. The highest BCUT2D eigenvalue weighted by atomic mass is 15.1. The number of hydrogen-bond donors (Lipinski definition) is 0. The molecule has 0 bridgehead atoms. The van der Waals surface area contributed by atoms with Gasteiger partial charge in [0.2, 0.25) is 0 Å². The molecule has 1 heterocycles. The van der Waals surface area contributed by atoms with Gasteiger partial charge in [0.25, 0.3) is 0 Å². The van der Waals surface area contributed by atoms with Gasteiger partial charge in [-0.15, -0.1) is 0 Å². The summed E-state index contributed by atoms with van der Waals surface area (Å²) in [7, 11) is 2.11. The van der Waals surface area contributed by atoms with E-state index in [2.05, 4.69) is 67.6 Å². The molecule has 0 fully saturated rings. The Morgan fingerprint density at radius 2 is 1.86 bits per heavy atom. The lowest BCUT2D eigenvalue weighted by Gasteiger charge is -2.28. The number of likely N-dealkylation sites (N-methyl/N-ethyl adjacent to an activating group) is 1. The van der Waals surface area contributed by atoms with Gasteiger partial charge in [-0.05, 0) is 30.3 Å². The topological polar surface area (TPSA) is 3.24 Å². The molecule has 14 heavy (non-hydrogen) atoms. The van der Waals surface area contributed by atoms with Crippen molar-refractivity contribution in [1.82, 2.24) is 4.90 Å². The van der Waals surface area contributed by atoms with Gasteiger partial charge >= 0.3 is 0 Å². The van der Waals surface area contributed by atoms with Crippen molar-refractivity contribution in [3.63, 3.8) is 0 Å². The minimum Gasteiger partial charge on any atom is -0.374 e. The Kier molecular flexibility index (Phi) is 2.40. The minimum absolute atomic E-state index is 0.461. The summed E-state index contributed by atoms with van der Waals surface area (Å²) in [4.78, 5) is 2.22. The van der Waals surface area contributed by atoms with Gasteiger partial charge in [-0.25, -0.2) is 0 Å². The second-order valence-electron chi connectivity index (χ2n) is 3.67. The summed E-state index contributed by atoms with van der Waals surface area (Å²) < 4.78 is 0. The molecule has 1 aromatic rings. The molecule has 1 heteroatoms. The minimum atomic E-state index is 0.461. The van der Waals surface area contributed by atoms with Gasteiger partial charge < -0.3 is 4.90 Å². The second-order valence-corrected chi connectivity index (χ2v) is 3.67. The van der Waals surface area contributed by atoms with Crippen LogP contribution in [0.25, 0.3) is 5.57 Å². The van der Waals surface area contributed by atoms with Crippen molar-refractivity contribution in [3.8, 4) is 0 Å². The van der Waals surface area contributed by atoms with Crippen molar-refractivity contribution >= 4 is 5.57 Å². The number of hydrogen-bond acceptors (Lipinski definition) is 1. The lowest BCUT2D eigenvalue weighted by molar-refractivity contribution is 0.413. The molecular weight excluding hydrogens is 170 g/mol. The molecule has 0 saturated carbocycles. The Morgan fingerprint density at radius 3 is 2.57 bits per heavy atom. The molecule has 0 N–H and O–H groups in total. The molecule has 0 spiro atoms. The maximum absolute atomic E-state index is 2.22. The maximum atomic E-state index is 2.22. The smallest absolute Gasteiger partial charge is 0.0511 e. The summed E-state index contributed by atoms with van der Waals surface area (Å²) in [5, 5.41) is 0. The number of benzene rings is 1. The van der Waals surface area contributed by atoms with Crippen LogP contribution in [0.15, 0.2) is 48.7 Å². The van der Waals surface area contributed by atoms with E-state index in [9.17, 15) is 0 Å². The molecule has 1 unspecified atom stereocenters. The maximum Gasteiger partial charge on any atom is 0.0511 e. The highest BCUT2D eigenvalue weighted by Gasteiger charge is 2.14. The van der Waals surface area contributed by atoms with Crippen LogP contribution >= 0.6 is 0 Å². The Morgan fingerprint density at radius 1 is 1.14 bits per heavy atom. The van der Waals surface area contributed by atoms with E-state index in [0.717, 1.165) is 0 Å². The van der Waals surface area contributed by atoms with Crippen molar-refractivity contribution < 1.29 is 0 Å². The number of allylic oxidation sites excluding steroid dienone is 2. The summed E-state index contributed by atoms with van der Waals surface area (Å²) in [5.41, 5.74) is 2.70. The predicted octanol–water partition coefficient (Wildman–Crippen LogP) is 2.92. The Hall–Kier alpha value is -1.50. The standard InChI is InChI=1S/C13H15N/c1-11-13(9-6-10-14(11)2)12-7-4-3-5-8-12/h3-11H,1-2H3. The second kappa shape index (κ2) is 3.70. The van der Waals surface area contributed by atoms with Gasteiger partial charge in [-0.3, -0.25) is 0 Å². The molecule has 1 atom stereocenters. The quantitative estimate of drug-likeness (QED) is 0.650.